The predicted molar refractivity (Wildman–Crippen MR) is 219 cm³/mol. The number of aromatic nitrogens is 1. The summed E-state index contributed by atoms with van der Waals surface area (Å²) in [6.07, 6.45) is 4.60. The maximum Gasteiger partial charge on any atom is 0.264 e. The third kappa shape index (κ3) is 6.79. The van der Waals surface area contributed by atoms with E-state index in [0.29, 0.717) is 36.2 Å². The molecule has 0 bridgehead atoms. The molecule has 4 heterocycles. The van der Waals surface area contributed by atoms with E-state index in [4.69, 9.17) is 0 Å². The van der Waals surface area contributed by atoms with Crippen molar-refractivity contribution >= 4 is 51.7 Å². The summed E-state index contributed by atoms with van der Waals surface area (Å²) in [4.78, 5) is 72.9. The van der Waals surface area contributed by atoms with Gasteiger partial charge in [-0.15, -0.1) is 0 Å². The minimum absolute atomic E-state index is 0.00927. The van der Waals surface area contributed by atoms with E-state index in [0.717, 1.165) is 89.1 Å². The maximum absolute atomic E-state index is 14.1. The Hall–Kier alpha value is -6.00. The Morgan fingerprint density at radius 1 is 0.948 bits per heavy atom. The van der Waals surface area contributed by atoms with E-state index in [9.17, 15) is 34.3 Å². The molecule has 2 atom stereocenters. The molecule has 0 radical (unpaired) electrons. The van der Waals surface area contributed by atoms with E-state index in [2.05, 4.69) is 64.8 Å². The molecule has 13 nitrogen and oxygen atoms in total. The van der Waals surface area contributed by atoms with Crippen molar-refractivity contribution in [2.45, 2.75) is 102 Å². The number of carbonyl (C=O) groups excluding carboxylic acids is 5. The number of aliphatic hydroxyl groups is 1. The van der Waals surface area contributed by atoms with Gasteiger partial charge in [0, 0.05) is 71.0 Å². The number of ketones is 1. The second-order valence-electron chi connectivity index (χ2n) is 16.5. The van der Waals surface area contributed by atoms with E-state index in [1.807, 2.05) is 12.1 Å². The molecule has 8 rings (SSSR count). The molecule has 4 aliphatic rings. The number of imide groups is 1. The smallest absolute Gasteiger partial charge is 0.264 e. The number of nitrogens with zero attached hydrogens (tertiary/aromatic N) is 3. The molecule has 0 saturated carbocycles. The number of carbonyl (C=O) groups is 5. The van der Waals surface area contributed by atoms with E-state index >= 15 is 0 Å². The number of unbranched alkanes of at least 4 members (excludes halogenated alkanes) is 2. The van der Waals surface area contributed by atoms with Gasteiger partial charge in [0.1, 0.15) is 12.3 Å². The summed E-state index contributed by atoms with van der Waals surface area (Å²) in [5.41, 5.74) is 7.49. The zero-order chi connectivity index (χ0) is 40.9. The molecule has 2 unspecified atom stereocenters. The summed E-state index contributed by atoms with van der Waals surface area (Å²) in [6.45, 7) is 8.54. The lowest BCUT2D eigenvalue weighted by Crippen LogP contribution is -2.55. The number of nitriles is 1. The second-order valence-corrected chi connectivity index (χ2v) is 16.5. The largest absolute Gasteiger partial charge is 0.384 e. The summed E-state index contributed by atoms with van der Waals surface area (Å²) >= 11 is 0. The molecule has 13 heteroatoms. The number of anilines is 2. The highest BCUT2D eigenvalue weighted by atomic mass is 16.3. The minimum atomic E-state index is -0.981. The molecule has 2 fully saturated rings. The van der Waals surface area contributed by atoms with Crippen molar-refractivity contribution in [1.82, 2.24) is 20.5 Å². The molecule has 3 aliphatic heterocycles. The summed E-state index contributed by atoms with van der Waals surface area (Å²) in [6, 6.07) is 16.1. The van der Waals surface area contributed by atoms with E-state index in [1.165, 1.54) is 0 Å². The average molecular weight is 784 g/mol. The van der Waals surface area contributed by atoms with Crippen LogP contribution in [0.2, 0.25) is 0 Å². The summed E-state index contributed by atoms with van der Waals surface area (Å²) in [5, 5.41) is 29.0. The van der Waals surface area contributed by atoms with Crippen LogP contribution in [-0.2, 0) is 21.4 Å². The first-order valence-electron chi connectivity index (χ1n) is 20.5. The summed E-state index contributed by atoms with van der Waals surface area (Å²) < 4.78 is 0. The first kappa shape index (κ1) is 38.9. The van der Waals surface area contributed by atoms with Gasteiger partial charge >= 0.3 is 0 Å². The van der Waals surface area contributed by atoms with Crippen molar-refractivity contribution in [3.63, 3.8) is 0 Å². The van der Waals surface area contributed by atoms with Gasteiger partial charge in [-0.05, 0) is 92.5 Å². The van der Waals surface area contributed by atoms with Gasteiger partial charge in [-0.3, -0.25) is 28.9 Å². The molecule has 300 valence electrons. The highest BCUT2D eigenvalue weighted by Gasteiger charge is 2.46. The van der Waals surface area contributed by atoms with Crippen molar-refractivity contribution in [2.75, 3.05) is 29.9 Å². The number of aromatic amines is 1. The number of H-pyrrole nitrogens is 1. The number of amides is 4. The minimum Gasteiger partial charge on any atom is -0.384 e. The normalized spacial score (nSPS) is 20.1. The number of fused-ring (bicyclic) bond motifs is 5. The van der Waals surface area contributed by atoms with Gasteiger partial charge < -0.3 is 30.9 Å². The molecule has 1 aliphatic carbocycles. The Kier molecular flexibility index (Phi) is 10.3. The number of hydrogen-bond acceptors (Lipinski definition) is 9. The van der Waals surface area contributed by atoms with Gasteiger partial charge in [0.15, 0.2) is 5.78 Å². The third-order valence-corrected chi connectivity index (χ3v) is 12.5. The maximum atomic E-state index is 14.1. The summed E-state index contributed by atoms with van der Waals surface area (Å²) in [7, 11) is 0. The third-order valence-electron chi connectivity index (χ3n) is 12.5. The Labute approximate surface area is 337 Å². The number of aliphatic hydroxyl groups excluding tert-OH is 1. The molecule has 2 saturated heterocycles. The first-order chi connectivity index (χ1) is 27.9. The fraction of sp³-hybridized carbons (Fsp3) is 0.422. The Morgan fingerprint density at radius 2 is 1.74 bits per heavy atom. The molecule has 1 aromatic heterocycles. The monoisotopic (exact) mass is 783 g/mol. The summed E-state index contributed by atoms with van der Waals surface area (Å²) in [5.74, 6) is -1.52. The van der Waals surface area contributed by atoms with Crippen LogP contribution in [0.1, 0.15) is 131 Å². The number of benzene rings is 3. The van der Waals surface area contributed by atoms with E-state index < -0.39 is 35.4 Å². The first-order valence-corrected chi connectivity index (χ1v) is 20.5. The molecule has 58 heavy (non-hydrogen) atoms. The van der Waals surface area contributed by atoms with Gasteiger partial charge in [0.05, 0.1) is 28.3 Å². The molecule has 0 spiro atoms. The highest BCUT2D eigenvalue weighted by Crippen LogP contribution is 2.46. The van der Waals surface area contributed by atoms with Crippen LogP contribution in [0.5, 0.6) is 0 Å². The SMILES string of the molecule is CCc1cc2c(cc1N1CCC(NC(=O)CCCCCNc3cccc4c3C(=O)N(C3CCC(O)NC3=O)C4=O)CC1)C(C)(C)c1[nH]c3cc(C#N)ccc3c1C2=O. The van der Waals surface area contributed by atoms with Crippen molar-refractivity contribution in [2.24, 2.45) is 0 Å². The van der Waals surface area contributed by atoms with Gasteiger partial charge in [-0.1, -0.05) is 39.3 Å². The van der Waals surface area contributed by atoms with Crippen molar-refractivity contribution in [1.29, 1.82) is 5.26 Å². The zero-order valence-corrected chi connectivity index (χ0v) is 33.2. The lowest BCUT2D eigenvalue weighted by atomic mass is 9.70. The van der Waals surface area contributed by atoms with Crippen LogP contribution in [0.3, 0.4) is 0 Å². The van der Waals surface area contributed by atoms with Crippen molar-refractivity contribution in [3.05, 3.63) is 93.2 Å². The lowest BCUT2D eigenvalue weighted by Gasteiger charge is -2.38. The molecule has 4 aromatic rings. The van der Waals surface area contributed by atoms with Crippen molar-refractivity contribution in [3.8, 4) is 6.07 Å². The Balaban J connectivity index is 0.819. The van der Waals surface area contributed by atoms with Gasteiger partial charge in [-0.2, -0.15) is 5.26 Å². The van der Waals surface area contributed by atoms with Crippen LogP contribution in [0, 0.1) is 11.3 Å². The second kappa shape index (κ2) is 15.4. The van der Waals surface area contributed by atoms with Crippen LogP contribution in [0.15, 0.2) is 48.5 Å². The van der Waals surface area contributed by atoms with Crippen LogP contribution < -0.4 is 20.9 Å². The van der Waals surface area contributed by atoms with Crippen LogP contribution in [-0.4, -0.2) is 82.3 Å². The fourth-order valence-electron chi connectivity index (χ4n) is 9.29. The lowest BCUT2D eigenvalue weighted by molar-refractivity contribution is -0.131. The number of nitrogens with one attached hydrogen (secondary N) is 4. The number of hydrogen-bond donors (Lipinski definition) is 5. The average Bonchev–Trinajstić information content (AvgIpc) is 3.73. The van der Waals surface area contributed by atoms with Crippen LogP contribution in [0.4, 0.5) is 11.4 Å². The van der Waals surface area contributed by atoms with Gasteiger partial charge in [-0.25, -0.2) is 0 Å². The molecule has 3 aromatic carbocycles. The molecule has 4 amide bonds. The highest BCUT2D eigenvalue weighted by molar-refractivity contribution is 6.25. The predicted octanol–water partition coefficient (Wildman–Crippen LogP) is 5.42. The number of piperidine rings is 2. The van der Waals surface area contributed by atoms with Crippen molar-refractivity contribution < 1.29 is 29.1 Å². The zero-order valence-electron chi connectivity index (χ0n) is 33.2. The number of rotatable bonds is 11. The van der Waals surface area contributed by atoms with Crippen LogP contribution in [0.25, 0.3) is 10.9 Å². The van der Waals surface area contributed by atoms with Gasteiger partial charge in [0.2, 0.25) is 11.8 Å². The van der Waals surface area contributed by atoms with Gasteiger partial charge in [0.25, 0.3) is 11.8 Å². The van der Waals surface area contributed by atoms with Crippen LogP contribution >= 0.6 is 0 Å². The Bertz CT molecular complexity index is 2400. The van der Waals surface area contributed by atoms with E-state index in [-0.39, 0.29) is 41.7 Å². The quantitative estimate of drug-likeness (QED) is 0.0978. The molecule has 5 N–H and O–H groups in total. The number of aryl methyl sites for hydroxylation is 1. The standard InChI is InChI=1S/C45H49N7O6/c1-4-26-22-30-31(45(2,3)41-39(40(30)55)28-13-12-25(24-46)21-33(28)49-41)23-35(26)51-19-16-27(17-20-51)48-36(53)11-6-5-7-18-47-32-10-8-9-29-38(32)44(58)52(43(29)57)34-14-15-37(54)50-42(34)56/h8-10,12-13,21-23,27,34,37,47,49,54H,4-7,11,14-20H2,1-3H3,(H,48,53)(H,50,56). The molecular weight excluding hydrogens is 735 g/mol. The van der Waals surface area contributed by atoms with E-state index in [1.54, 1.807) is 24.3 Å². The Morgan fingerprint density at radius 3 is 2.48 bits per heavy atom. The fourth-order valence-corrected chi connectivity index (χ4v) is 9.29. The molecular formula is C45H49N7O6. The topological polar surface area (TPSA) is 188 Å².